The van der Waals surface area contributed by atoms with Crippen LogP contribution >= 0.6 is 12.4 Å². The maximum absolute atomic E-state index is 13.0. The second kappa shape index (κ2) is 5.14. The van der Waals surface area contributed by atoms with Crippen LogP contribution in [0.2, 0.25) is 0 Å². The highest BCUT2D eigenvalue weighted by atomic mass is 35.5. The minimum atomic E-state index is -1.49. The van der Waals surface area contributed by atoms with Gasteiger partial charge in [-0.3, -0.25) is 0 Å². The molecule has 6 heteroatoms. The first-order valence-corrected chi connectivity index (χ1v) is 4.52. The summed E-state index contributed by atoms with van der Waals surface area (Å²) < 4.78 is 38.6. The standard InChI is InChI=1S/C11H7F3N2.ClH/c1-6-2-3-15-11(16-6)7-4-8(12)10(14)9(13)5-7;/h2-5H,1H3;1H. The van der Waals surface area contributed by atoms with Crippen LogP contribution in [-0.4, -0.2) is 9.97 Å². The highest BCUT2D eigenvalue weighted by molar-refractivity contribution is 5.85. The number of hydrogen-bond donors (Lipinski definition) is 0. The molecule has 0 fully saturated rings. The third-order valence-electron chi connectivity index (χ3n) is 2.04. The summed E-state index contributed by atoms with van der Waals surface area (Å²) in [6, 6.07) is 3.39. The number of hydrogen-bond acceptors (Lipinski definition) is 2. The highest BCUT2D eigenvalue weighted by Gasteiger charge is 2.12. The lowest BCUT2D eigenvalue weighted by atomic mass is 10.2. The second-order valence-electron chi connectivity index (χ2n) is 3.28. The SMILES string of the molecule is Cc1ccnc(-c2cc(F)c(F)c(F)c2)n1.Cl. The van der Waals surface area contributed by atoms with Crippen molar-refractivity contribution in [2.75, 3.05) is 0 Å². The van der Waals surface area contributed by atoms with Gasteiger partial charge in [-0.15, -0.1) is 12.4 Å². The van der Waals surface area contributed by atoms with Gasteiger partial charge in [0.2, 0.25) is 0 Å². The molecule has 0 saturated heterocycles. The van der Waals surface area contributed by atoms with Crippen molar-refractivity contribution in [2.24, 2.45) is 0 Å². The van der Waals surface area contributed by atoms with Crippen molar-refractivity contribution in [2.45, 2.75) is 6.92 Å². The minimum absolute atomic E-state index is 0. The first-order chi connectivity index (χ1) is 7.58. The van der Waals surface area contributed by atoms with E-state index < -0.39 is 17.5 Å². The molecule has 0 radical (unpaired) electrons. The van der Waals surface area contributed by atoms with Crippen LogP contribution in [0.4, 0.5) is 13.2 Å². The fraction of sp³-hybridized carbons (Fsp3) is 0.0909. The third-order valence-corrected chi connectivity index (χ3v) is 2.04. The molecule has 1 aromatic heterocycles. The Hall–Kier alpha value is -1.62. The normalized spacial score (nSPS) is 9.88. The molecule has 0 aliphatic carbocycles. The number of aryl methyl sites for hydroxylation is 1. The molecule has 1 heterocycles. The second-order valence-corrected chi connectivity index (χ2v) is 3.28. The summed E-state index contributed by atoms with van der Waals surface area (Å²) in [5.41, 5.74) is 0.773. The Bertz CT molecular complexity index is 523. The minimum Gasteiger partial charge on any atom is -0.237 e. The van der Waals surface area contributed by atoms with E-state index in [-0.39, 0.29) is 23.8 Å². The number of benzene rings is 1. The molecule has 0 spiro atoms. The number of halogens is 4. The first-order valence-electron chi connectivity index (χ1n) is 4.52. The third kappa shape index (κ3) is 2.74. The summed E-state index contributed by atoms with van der Waals surface area (Å²) in [6.45, 7) is 1.72. The van der Waals surface area contributed by atoms with Gasteiger partial charge in [-0.1, -0.05) is 0 Å². The molecule has 0 bridgehead atoms. The molecule has 0 N–H and O–H groups in total. The fourth-order valence-electron chi connectivity index (χ4n) is 1.27. The first kappa shape index (κ1) is 13.4. The van der Waals surface area contributed by atoms with Crippen molar-refractivity contribution >= 4 is 12.4 Å². The molecule has 0 aliphatic rings. The molecular formula is C11H8ClF3N2. The summed E-state index contributed by atoms with van der Waals surface area (Å²) in [5, 5.41) is 0. The van der Waals surface area contributed by atoms with E-state index in [0.717, 1.165) is 12.1 Å². The van der Waals surface area contributed by atoms with Crippen LogP contribution in [0.15, 0.2) is 24.4 Å². The number of aromatic nitrogens is 2. The topological polar surface area (TPSA) is 25.8 Å². The quantitative estimate of drug-likeness (QED) is 0.736. The lowest BCUT2D eigenvalue weighted by Gasteiger charge is -2.02. The summed E-state index contributed by atoms with van der Waals surface area (Å²) >= 11 is 0. The van der Waals surface area contributed by atoms with Gasteiger partial charge in [0.25, 0.3) is 0 Å². The molecule has 1 aromatic carbocycles. The van der Waals surface area contributed by atoms with Crippen molar-refractivity contribution < 1.29 is 13.2 Å². The smallest absolute Gasteiger partial charge is 0.194 e. The van der Waals surface area contributed by atoms with Crippen LogP contribution in [0.25, 0.3) is 11.4 Å². The van der Waals surface area contributed by atoms with Crippen LogP contribution in [0.1, 0.15) is 5.69 Å². The molecule has 0 atom stereocenters. The molecular weight excluding hydrogens is 253 g/mol. The van der Waals surface area contributed by atoms with Gasteiger partial charge in [0.15, 0.2) is 23.3 Å². The van der Waals surface area contributed by atoms with E-state index in [1.54, 1.807) is 13.0 Å². The average molecular weight is 261 g/mol. The number of rotatable bonds is 1. The summed E-state index contributed by atoms with van der Waals surface area (Å²) in [6.07, 6.45) is 1.47. The largest absolute Gasteiger partial charge is 0.237 e. The Morgan fingerprint density at radius 3 is 2.18 bits per heavy atom. The molecule has 2 rings (SSSR count). The van der Waals surface area contributed by atoms with Crippen LogP contribution in [0.3, 0.4) is 0 Å². The zero-order chi connectivity index (χ0) is 11.7. The van der Waals surface area contributed by atoms with Gasteiger partial charge in [-0.05, 0) is 25.1 Å². The number of nitrogens with zero attached hydrogens (tertiary/aromatic N) is 2. The van der Waals surface area contributed by atoms with E-state index in [1.165, 1.54) is 6.20 Å². The van der Waals surface area contributed by atoms with E-state index >= 15 is 0 Å². The lowest BCUT2D eigenvalue weighted by Crippen LogP contribution is -1.95. The summed E-state index contributed by atoms with van der Waals surface area (Å²) in [7, 11) is 0. The summed E-state index contributed by atoms with van der Waals surface area (Å²) in [5.74, 6) is -3.82. The Morgan fingerprint density at radius 1 is 1.06 bits per heavy atom. The summed E-state index contributed by atoms with van der Waals surface area (Å²) in [4.78, 5) is 7.84. The van der Waals surface area contributed by atoms with Crippen LogP contribution in [0.5, 0.6) is 0 Å². The predicted molar refractivity (Wildman–Crippen MR) is 59.3 cm³/mol. The highest BCUT2D eigenvalue weighted by Crippen LogP contribution is 2.20. The van der Waals surface area contributed by atoms with E-state index in [4.69, 9.17) is 0 Å². The molecule has 0 amide bonds. The van der Waals surface area contributed by atoms with Crippen LogP contribution < -0.4 is 0 Å². The van der Waals surface area contributed by atoms with Crippen LogP contribution in [-0.2, 0) is 0 Å². The van der Waals surface area contributed by atoms with Gasteiger partial charge in [-0.2, -0.15) is 0 Å². The molecule has 17 heavy (non-hydrogen) atoms. The molecule has 0 aliphatic heterocycles. The molecule has 0 unspecified atom stereocenters. The predicted octanol–water partition coefficient (Wildman–Crippen LogP) is 3.29. The fourth-order valence-corrected chi connectivity index (χ4v) is 1.27. The maximum Gasteiger partial charge on any atom is 0.194 e. The van der Waals surface area contributed by atoms with Gasteiger partial charge >= 0.3 is 0 Å². The zero-order valence-electron chi connectivity index (χ0n) is 8.75. The Kier molecular flexibility index (Phi) is 4.07. The van der Waals surface area contributed by atoms with Crippen molar-refractivity contribution in [3.8, 4) is 11.4 Å². The van der Waals surface area contributed by atoms with E-state index in [0.29, 0.717) is 5.69 Å². The molecule has 0 saturated carbocycles. The van der Waals surface area contributed by atoms with Crippen molar-refractivity contribution in [1.29, 1.82) is 0 Å². The van der Waals surface area contributed by atoms with Crippen molar-refractivity contribution in [3.05, 3.63) is 47.5 Å². The lowest BCUT2D eigenvalue weighted by molar-refractivity contribution is 0.447. The van der Waals surface area contributed by atoms with E-state index in [9.17, 15) is 13.2 Å². The monoisotopic (exact) mass is 260 g/mol. The van der Waals surface area contributed by atoms with Gasteiger partial charge < -0.3 is 0 Å². The Morgan fingerprint density at radius 2 is 1.65 bits per heavy atom. The Balaban J connectivity index is 0.00000144. The van der Waals surface area contributed by atoms with Crippen molar-refractivity contribution in [3.63, 3.8) is 0 Å². The van der Waals surface area contributed by atoms with Gasteiger partial charge in [0.05, 0.1) is 0 Å². The maximum atomic E-state index is 13.0. The van der Waals surface area contributed by atoms with Gasteiger partial charge in [0, 0.05) is 17.5 Å². The molecule has 90 valence electrons. The molecule has 2 aromatic rings. The molecule has 2 nitrogen and oxygen atoms in total. The van der Waals surface area contributed by atoms with Gasteiger partial charge in [-0.25, -0.2) is 23.1 Å². The van der Waals surface area contributed by atoms with E-state index in [2.05, 4.69) is 9.97 Å². The Labute approximate surface area is 102 Å². The van der Waals surface area contributed by atoms with Crippen LogP contribution in [0, 0.1) is 24.4 Å². The zero-order valence-corrected chi connectivity index (χ0v) is 9.56. The van der Waals surface area contributed by atoms with Crippen molar-refractivity contribution in [1.82, 2.24) is 9.97 Å². The van der Waals surface area contributed by atoms with E-state index in [1.807, 2.05) is 0 Å². The average Bonchev–Trinajstić information content (AvgIpc) is 2.25. The van der Waals surface area contributed by atoms with Gasteiger partial charge in [0.1, 0.15) is 0 Å².